The first-order valence-electron chi connectivity index (χ1n) is 9.40. The molecule has 0 bridgehead atoms. The normalized spacial score (nSPS) is 17.4. The van der Waals surface area contributed by atoms with E-state index < -0.39 is 5.92 Å². The Morgan fingerprint density at radius 3 is 2.43 bits per heavy atom. The van der Waals surface area contributed by atoms with Crippen molar-refractivity contribution >= 4 is 17.4 Å². The van der Waals surface area contributed by atoms with E-state index in [1.54, 1.807) is 4.90 Å². The zero-order valence-corrected chi connectivity index (χ0v) is 16.9. The average Bonchev–Trinajstić information content (AvgIpc) is 3.39. The van der Waals surface area contributed by atoms with E-state index >= 15 is 0 Å². The summed E-state index contributed by atoms with van der Waals surface area (Å²) in [7, 11) is 0. The first-order chi connectivity index (χ1) is 14.6. The van der Waals surface area contributed by atoms with Crippen LogP contribution in [0.15, 0.2) is 92.0 Å². The second-order valence-corrected chi connectivity index (χ2v) is 8.18. The molecule has 2 aliphatic rings. The van der Waals surface area contributed by atoms with Crippen molar-refractivity contribution in [3.63, 3.8) is 0 Å². The molecule has 2 aliphatic heterocycles. The Morgan fingerprint density at radius 1 is 0.967 bits per heavy atom. The minimum absolute atomic E-state index is 0.317. The van der Waals surface area contributed by atoms with Crippen LogP contribution in [0.2, 0.25) is 0 Å². The van der Waals surface area contributed by atoms with Crippen molar-refractivity contribution in [3.05, 3.63) is 94.0 Å². The molecule has 0 saturated carbocycles. The molecular formula is C24H16N4OS. The zero-order chi connectivity index (χ0) is 20.8. The largest absolute Gasteiger partial charge is 0.460 e. The van der Waals surface area contributed by atoms with Crippen LogP contribution in [-0.2, 0) is 0 Å². The third-order valence-electron chi connectivity index (χ3n) is 5.33. The molecule has 1 aromatic heterocycles. The van der Waals surface area contributed by atoms with Crippen LogP contribution in [0, 0.1) is 29.6 Å². The molecule has 0 radical (unpaired) electrons. The molecule has 2 N–H and O–H groups in total. The van der Waals surface area contributed by atoms with E-state index in [0.717, 1.165) is 26.7 Å². The van der Waals surface area contributed by atoms with Gasteiger partial charge in [0.15, 0.2) is 0 Å². The summed E-state index contributed by atoms with van der Waals surface area (Å²) < 4.78 is 6.13. The summed E-state index contributed by atoms with van der Waals surface area (Å²) in [5, 5.41) is 20.7. The third-order valence-corrected chi connectivity index (χ3v) is 6.49. The van der Waals surface area contributed by atoms with E-state index in [2.05, 4.69) is 12.1 Å². The van der Waals surface area contributed by atoms with Crippen LogP contribution in [0.1, 0.15) is 17.2 Å². The summed E-state index contributed by atoms with van der Waals surface area (Å²) >= 11 is 1.49. The number of anilines is 1. The van der Waals surface area contributed by atoms with Gasteiger partial charge in [-0.3, -0.25) is 4.90 Å². The molecule has 3 heterocycles. The number of rotatable bonds is 2. The van der Waals surface area contributed by atoms with Gasteiger partial charge in [0.2, 0.25) is 0 Å². The molecule has 2 aromatic carbocycles. The summed E-state index contributed by atoms with van der Waals surface area (Å²) in [5.74, 6) is 0.924. The maximum Gasteiger partial charge on any atom is 0.134 e. The fraction of sp³-hybridized carbons (Fsp3) is 0.0833. The van der Waals surface area contributed by atoms with Gasteiger partial charge in [-0.1, -0.05) is 53.7 Å². The average molecular weight is 408 g/mol. The smallest absolute Gasteiger partial charge is 0.134 e. The number of furan rings is 1. The van der Waals surface area contributed by atoms with E-state index in [0.29, 0.717) is 28.5 Å². The van der Waals surface area contributed by atoms with E-state index in [1.807, 2.05) is 67.6 Å². The maximum atomic E-state index is 10.0. The highest BCUT2D eigenvalue weighted by Gasteiger charge is 2.41. The van der Waals surface area contributed by atoms with Crippen LogP contribution in [0.4, 0.5) is 5.69 Å². The van der Waals surface area contributed by atoms with Gasteiger partial charge >= 0.3 is 0 Å². The van der Waals surface area contributed by atoms with Gasteiger partial charge in [-0.25, -0.2) is 0 Å². The van der Waals surface area contributed by atoms with Gasteiger partial charge in [0, 0.05) is 10.5 Å². The molecular weight excluding hydrogens is 392 g/mol. The summed E-state index contributed by atoms with van der Waals surface area (Å²) in [5.41, 5.74) is 10.2. The van der Waals surface area contributed by atoms with Crippen LogP contribution in [-0.4, -0.2) is 0 Å². The molecule has 5 nitrogen and oxygen atoms in total. The van der Waals surface area contributed by atoms with Gasteiger partial charge < -0.3 is 10.2 Å². The molecule has 30 heavy (non-hydrogen) atoms. The van der Waals surface area contributed by atoms with Crippen LogP contribution >= 0.6 is 11.8 Å². The molecule has 0 unspecified atom stereocenters. The lowest BCUT2D eigenvalue weighted by molar-refractivity contribution is 0.513. The van der Waals surface area contributed by atoms with E-state index in [1.165, 1.54) is 11.8 Å². The number of nitrogens with two attached hydrogens (primary N) is 1. The maximum absolute atomic E-state index is 10.0. The Labute approximate surface area is 178 Å². The number of hydrogen-bond donors (Lipinski definition) is 1. The van der Waals surface area contributed by atoms with Gasteiger partial charge in [0.05, 0.1) is 34.9 Å². The lowest BCUT2D eigenvalue weighted by atomic mass is 9.87. The number of aryl methyl sites for hydroxylation is 1. The molecule has 1 atom stereocenters. The van der Waals surface area contributed by atoms with Crippen molar-refractivity contribution in [2.75, 3.05) is 4.90 Å². The summed E-state index contributed by atoms with van der Waals surface area (Å²) in [4.78, 5) is 2.80. The number of nitrogens with zero attached hydrogens (tertiary/aromatic N) is 3. The molecule has 144 valence electrons. The van der Waals surface area contributed by atoms with Crippen molar-refractivity contribution in [3.8, 4) is 23.5 Å². The number of para-hydroxylation sites is 1. The minimum Gasteiger partial charge on any atom is -0.460 e. The lowest BCUT2D eigenvalue weighted by Gasteiger charge is -2.30. The van der Waals surface area contributed by atoms with Gasteiger partial charge in [0.25, 0.3) is 0 Å². The summed E-state index contributed by atoms with van der Waals surface area (Å²) in [6, 6.07) is 24.0. The number of hydrogen-bond acceptors (Lipinski definition) is 6. The van der Waals surface area contributed by atoms with Crippen molar-refractivity contribution in [2.45, 2.75) is 17.7 Å². The van der Waals surface area contributed by atoms with Crippen molar-refractivity contribution in [1.82, 2.24) is 0 Å². The second-order valence-electron chi connectivity index (χ2n) is 7.15. The van der Waals surface area contributed by atoms with Crippen LogP contribution in [0.5, 0.6) is 0 Å². The topological polar surface area (TPSA) is 90.0 Å². The SMILES string of the molecule is Cc1ccc(-c2ccc([C@H]3C(C#N)=C(N)N4C(=C3C#N)Sc3ccccc34)o2)cc1. The molecule has 5 rings (SSSR count). The first kappa shape index (κ1) is 18.2. The standard InChI is InChI=1S/C24H16N4OS/c1-14-6-8-15(9-7-14)19-10-11-20(29-19)22-16(12-25)23(27)28-18-4-2-3-5-21(18)30-24(28)17(22)13-26/h2-11,22H,27H2,1H3/t22-/m0/s1. The Bertz CT molecular complexity index is 1320. The van der Waals surface area contributed by atoms with Crippen molar-refractivity contribution in [2.24, 2.45) is 5.73 Å². The Kier molecular flexibility index (Phi) is 4.17. The van der Waals surface area contributed by atoms with E-state index in [-0.39, 0.29) is 0 Å². The second kappa shape index (κ2) is 6.88. The Hall–Kier alpha value is -3.87. The number of nitriles is 2. The lowest BCUT2D eigenvalue weighted by Crippen LogP contribution is -2.32. The number of allylic oxidation sites excluding steroid dienone is 2. The molecule has 0 saturated heterocycles. The molecule has 3 aromatic rings. The molecule has 6 heteroatoms. The highest BCUT2D eigenvalue weighted by atomic mass is 32.2. The van der Waals surface area contributed by atoms with Gasteiger partial charge in [-0.05, 0) is 31.2 Å². The van der Waals surface area contributed by atoms with Gasteiger partial charge in [-0.2, -0.15) is 10.5 Å². The quantitative estimate of drug-likeness (QED) is 0.611. The predicted octanol–water partition coefficient (Wildman–Crippen LogP) is 5.39. The first-order valence-corrected chi connectivity index (χ1v) is 10.2. The van der Waals surface area contributed by atoms with Gasteiger partial charge in [0.1, 0.15) is 22.4 Å². The van der Waals surface area contributed by atoms with Gasteiger partial charge in [-0.15, -0.1) is 0 Å². The summed E-state index contributed by atoms with van der Waals surface area (Å²) in [6.07, 6.45) is 0. The van der Waals surface area contributed by atoms with E-state index in [4.69, 9.17) is 10.2 Å². The highest BCUT2D eigenvalue weighted by Crippen LogP contribution is 2.54. The molecule has 0 spiro atoms. The zero-order valence-electron chi connectivity index (χ0n) is 16.1. The fourth-order valence-electron chi connectivity index (χ4n) is 3.84. The van der Waals surface area contributed by atoms with Crippen LogP contribution in [0.25, 0.3) is 11.3 Å². The number of thioether (sulfide) groups is 1. The van der Waals surface area contributed by atoms with Crippen molar-refractivity contribution < 1.29 is 4.42 Å². The highest BCUT2D eigenvalue weighted by molar-refractivity contribution is 8.03. The number of fused-ring (bicyclic) bond motifs is 3. The monoisotopic (exact) mass is 408 g/mol. The fourth-order valence-corrected chi connectivity index (χ4v) is 5.02. The predicted molar refractivity (Wildman–Crippen MR) is 116 cm³/mol. The number of benzene rings is 2. The third kappa shape index (κ3) is 2.62. The molecule has 0 aliphatic carbocycles. The van der Waals surface area contributed by atoms with Crippen LogP contribution < -0.4 is 10.6 Å². The van der Waals surface area contributed by atoms with Crippen molar-refractivity contribution in [1.29, 1.82) is 10.5 Å². The molecule has 0 amide bonds. The van der Waals surface area contributed by atoms with E-state index in [9.17, 15) is 10.5 Å². The Balaban J connectivity index is 1.65. The summed E-state index contributed by atoms with van der Waals surface area (Å²) in [6.45, 7) is 2.03. The minimum atomic E-state index is -0.632. The molecule has 0 fully saturated rings. The van der Waals surface area contributed by atoms with Crippen LogP contribution in [0.3, 0.4) is 0 Å². The Morgan fingerprint density at radius 2 is 1.70 bits per heavy atom.